The van der Waals surface area contributed by atoms with E-state index in [2.05, 4.69) is 20.5 Å². The van der Waals surface area contributed by atoms with Crippen LogP contribution >= 0.6 is 0 Å². The summed E-state index contributed by atoms with van der Waals surface area (Å²) < 4.78 is 28.3. The summed E-state index contributed by atoms with van der Waals surface area (Å²) in [6.07, 6.45) is 3.82. The minimum Gasteiger partial charge on any atom is -0.391 e. The van der Waals surface area contributed by atoms with Gasteiger partial charge < -0.3 is 15.2 Å². The van der Waals surface area contributed by atoms with Crippen LogP contribution in [-0.4, -0.2) is 56.2 Å². The van der Waals surface area contributed by atoms with Gasteiger partial charge >= 0.3 is 0 Å². The predicted octanol–water partition coefficient (Wildman–Crippen LogP) is 2.97. The molecule has 1 aliphatic rings. The van der Waals surface area contributed by atoms with Crippen LogP contribution < -0.4 is 5.32 Å². The van der Waals surface area contributed by atoms with Crippen molar-refractivity contribution in [2.75, 3.05) is 6.54 Å². The van der Waals surface area contributed by atoms with E-state index < -0.39 is 23.9 Å². The molecular weight excluding hydrogens is 468 g/mol. The van der Waals surface area contributed by atoms with Gasteiger partial charge in [-0.2, -0.15) is 15.0 Å². The number of hydrogen-bond donors (Lipinski definition) is 2. The van der Waals surface area contributed by atoms with Gasteiger partial charge in [0.2, 0.25) is 0 Å². The molecule has 0 saturated heterocycles. The van der Waals surface area contributed by atoms with E-state index in [9.17, 15) is 19.1 Å². The predicted molar refractivity (Wildman–Crippen MR) is 129 cm³/mol. The van der Waals surface area contributed by atoms with Crippen molar-refractivity contribution < 1.29 is 23.5 Å². The summed E-state index contributed by atoms with van der Waals surface area (Å²) in [6, 6.07) is 9.21. The fraction of sp³-hybridized carbons (Fsp3) is 0.269. The molecule has 0 unspecified atom stereocenters. The van der Waals surface area contributed by atoms with Gasteiger partial charge in [0.1, 0.15) is 17.4 Å². The van der Waals surface area contributed by atoms with E-state index in [1.807, 2.05) is 0 Å². The van der Waals surface area contributed by atoms with Crippen molar-refractivity contribution in [3.8, 4) is 0 Å². The SMILES string of the molecule is CC(=O)CC[C@@H](O)[C@@H](Cn1nccn1)NC(=O)c1cccc(F)c1C1=NCC(c2ccc(F)cc2)=C1. The number of aliphatic hydroxyl groups is 1. The van der Waals surface area contributed by atoms with Crippen LogP contribution in [0.25, 0.3) is 5.57 Å². The van der Waals surface area contributed by atoms with Crippen molar-refractivity contribution in [2.45, 2.75) is 38.5 Å². The number of carbonyl (C=O) groups is 2. The summed E-state index contributed by atoms with van der Waals surface area (Å²) in [5.41, 5.74) is 1.88. The highest BCUT2D eigenvalue weighted by Gasteiger charge is 2.27. The minimum atomic E-state index is -1.06. The Hall–Kier alpha value is -4.05. The molecule has 0 saturated carbocycles. The number of nitrogens with zero attached hydrogens (tertiary/aromatic N) is 4. The topological polar surface area (TPSA) is 109 Å². The molecule has 10 heteroatoms. The summed E-state index contributed by atoms with van der Waals surface area (Å²) in [5.74, 6) is -1.70. The normalized spacial score (nSPS) is 14.7. The molecule has 1 aliphatic heterocycles. The van der Waals surface area contributed by atoms with Crippen molar-refractivity contribution in [3.63, 3.8) is 0 Å². The zero-order valence-corrected chi connectivity index (χ0v) is 19.6. The van der Waals surface area contributed by atoms with E-state index in [1.165, 1.54) is 54.4 Å². The summed E-state index contributed by atoms with van der Waals surface area (Å²) in [5, 5.41) is 21.5. The maximum absolute atomic E-state index is 15.0. The smallest absolute Gasteiger partial charge is 0.252 e. The average molecular weight is 494 g/mol. The first-order valence-electron chi connectivity index (χ1n) is 11.4. The Balaban J connectivity index is 1.59. The van der Waals surface area contributed by atoms with Gasteiger partial charge in [-0.1, -0.05) is 18.2 Å². The highest BCUT2D eigenvalue weighted by molar-refractivity contribution is 6.19. The van der Waals surface area contributed by atoms with Crippen molar-refractivity contribution in [1.82, 2.24) is 20.3 Å². The van der Waals surface area contributed by atoms with Crippen LogP contribution in [0.3, 0.4) is 0 Å². The summed E-state index contributed by atoms with van der Waals surface area (Å²) >= 11 is 0. The zero-order valence-electron chi connectivity index (χ0n) is 19.6. The van der Waals surface area contributed by atoms with Crippen molar-refractivity contribution >= 4 is 23.0 Å². The van der Waals surface area contributed by atoms with Gasteiger partial charge in [-0.15, -0.1) is 0 Å². The number of carbonyl (C=O) groups excluding carboxylic acids is 2. The number of benzene rings is 2. The quantitative estimate of drug-likeness (QED) is 0.451. The number of hydrogen-bond acceptors (Lipinski definition) is 6. The fourth-order valence-corrected chi connectivity index (χ4v) is 3.97. The molecule has 1 aromatic heterocycles. The molecule has 8 nitrogen and oxygen atoms in total. The molecule has 36 heavy (non-hydrogen) atoms. The first-order chi connectivity index (χ1) is 17.3. The molecule has 0 bridgehead atoms. The molecule has 4 rings (SSSR count). The second-order valence-electron chi connectivity index (χ2n) is 8.51. The number of amides is 1. The molecule has 1 amide bonds. The Bertz CT molecular complexity index is 1300. The molecule has 0 radical (unpaired) electrons. The lowest BCUT2D eigenvalue weighted by Gasteiger charge is -2.24. The van der Waals surface area contributed by atoms with E-state index in [0.29, 0.717) is 5.71 Å². The number of ketones is 1. The molecule has 0 spiro atoms. The molecule has 3 aromatic rings. The third-order valence-electron chi connectivity index (χ3n) is 5.86. The summed E-state index contributed by atoms with van der Waals surface area (Å²) in [7, 11) is 0. The molecule has 186 valence electrons. The standard InChI is InChI=1S/C26H25F2N5O3/c1-16(34)5-10-24(35)23(15-33-30-11-12-31-33)32-26(36)20-3-2-4-21(28)25(20)22-13-18(14-29-22)17-6-8-19(27)9-7-17/h2-4,6-9,11-13,23-24,35H,5,10,14-15H2,1H3,(H,32,36)/t23-,24-/m1/s1. The van der Waals surface area contributed by atoms with Gasteiger partial charge in [0.05, 0.1) is 48.9 Å². The van der Waals surface area contributed by atoms with E-state index >= 15 is 4.39 Å². The molecule has 2 atom stereocenters. The Kier molecular flexibility index (Phi) is 7.74. The Morgan fingerprint density at radius 2 is 1.83 bits per heavy atom. The van der Waals surface area contributed by atoms with Gasteiger partial charge in [0.25, 0.3) is 5.91 Å². The lowest BCUT2D eigenvalue weighted by atomic mass is 9.98. The zero-order chi connectivity index (χ0) is 25.7. The lowest BCUT2D eigenvalue weighted by Crippen LogP contribution is -2.47. The van der Waals surface area contributed by atoms with Crippen molar-refractivity contribution in [2.24, 2.45) is 4.99 Å². The van der Waals surface area contributed by atoms with Crippen LogP contribution in [0.4, 0.5) is 8.78 Å². The van der Waals surface area contributed by atoms with Crippen LogP contribution in [-0.2, 0) is 11.3 Å². The average Bonchev–Trinajstić information content (AvgIpc) is 3.55. The van der Waals surface area contributed by atoms with Gasteiger partial charge in [-0.3, -0.25) is 9.79 Å². The Labute approximate surface area is 206 Å². The molecule has 2 N–H and O–H groups in total. The second kappa shape index (κ2) is 11.1. The van der Waals surface area contributed by atoms with Crippen LogP contribution in [0.5, 0.6) is 0 Å². The first-order valence-corrected chi connectivity index (χ1v) is 11.4. The summed E-state index contributed by atoms with van der Waals surface area (Å²) in [6.45, 7) is 1.73. The maximum atomic E-state index is 15.0. The summed E-state index contributed by atoms with van der Waals surface area (Å²) in [4.78, 5) is 30.4. The molecule has 2 aromatic carbocycles. The molecule has 2 heterocycles. The van der Waals surface area contributed by atoms with E-state index in [1.54, 1.807) is 18.2 Å². The Morgan fingerprint density at radius 3 is 2.53 bits per heavy atom. The fourth-order valence-electron chi connectivity index (χ4n) is 3.97. The van der Waals surface area contributed by atoms with Gasteiger partial charge in [0.15, 0.2) is 0 Å². The van der Waals surface area contributed by atoms with Gasteiger partial charge in [-0.05, 0) is 54.8 Å². The lowest BCUT2D eigenvalue weighted by molar-refractivity contribution is -0.117. The molecule has 0 fully saturated rings. The number of Topliss-reactive ketones (excluding diaryl/α,β-unsaturated/α-hetero) is 1. The van der Waals surface area contributed by atoms with Crippen LogP contribution in [0.2, 0.25) is 0 Å². The largest absolute Gasteiger partial charge is 0.391 e. The first kappa shape index (κ1) is 25.1. The molecular formula is C26H25F2N5O3. The number of nitrogens with one attached hydrogen (secondary N) is 1. The van der Waals surface area contributed by atoms with Crippen LogP contribution in [0, 0.1) is 11.6 Å². The maximum Gasteiger partial charge on any atom is 0.252 e. The van der Waals surface area contributed by atoms with E-state index in [-0.39, 0.29) is 48.7 Å². The van der Waals surface area contributed by atoms with Crippen molar-refractivity contribution in [1.29, 1.82) is 0 Å². The Morgan fingerprint density at radius 1 is 1.11 bits per heavy atom. The number of halogens is 2. The highest BCUT2D eigenvalue weighted by Crippen LogP contribution is 2.25. The number of aromatic nitrogens is 3. The van der Waals surface area contributed by atoms with Gasteiger partial charge in [-0.25, -0.2) is 8.78 Å². The number of aliphatic hydroxyl groups excluding tert-OH is 1. The van der Waals surface area contributed by atoms with Gasteiger partial charge in [0, 0.05) is 12.0 Å². The number of allylic oxidation sites excluding steroid dienone is 1. The second-order valence-corrected chi connectivity index (χ2v) is 8.51. The highest BCUT2D eigenvalue weighted by atomic mass is 19.1. The van der Waals surface area contributed by atoms with E-state index in [4.69, 9.17) is 0 Å². The van der Waals surface area contributed by atoms with E-state index in [0.717, 1.165) is 11.1 Å². The minimum absolute atomic E-state index is 0.0290. The monoisotopic (exact) mass is 493 g/mol. The number of rotatable bonds is 10. The van der Waals surface area contributed by atoms with Crippen molar-refractivity contribution in [3.05, 3.63) is 89.3 Å². The van der Waals surface area contributed by atoms with Crippen LogP contribution in [0.15, 0.2) is 65.9 Å². The third kappa shape index (κ3) is 5.95. The number of aliphatic imine (C=N–C) groups is 1. The third-order valence-corrected chi connectivity index (χ3v) is 5.86. The van der Waals surface area contributed by atoms with Crippen LogP contribution in [0.1, 0.15) is 41.3 Å². The molecule has 0 aliphatic carbocycles.